The number of methoxy groups -OCH3 is 1. The number of ether oxygens (including phenoxy) is 2. The standard InChI is InChI=1S/C17H25NO5/c1-5-14(17(20)21)18-16(19)13-7-6-12(22-4)10-15(13)23-9-8-11(2)3/h6-7,10-11,14H,5,8-9H2,1-4H3,(H,18,19)(H,20,21). The molecule has 0 aliphatic rings. The Bertz CT molecular complexity index is 542. The van der Waals surface area contributed by atoms with Gasteiger partial charge in [0.1, 0.15) is 17.5 Å². The Kier molecular flexibility index (Phi) is 7.38. The van der Waals surface area contributed by atoms with Crippen LogP contribution in [0.25, 0.3) is 0 Å². The Morgan fingerprint density at radius 1 is 1.30 bits per heavy atom. The van der Waals surface area contributed by atoms with Crippen molar-refractivity contribution in [3.63, 3.8) is 0 Å². The first-order valence-electron chi connectivity index (χ1n) is 7.73. The second-order valence-corrected chi connectivity index (χ2v) is 5.67. The van der Waals surface area contributed by atoms with Gasteiger partial charge in [-0.3, -0.25) is 4.79 Å². The highest BCUT2D eigenvalue weighted by Crippen LogP contribution is 2.25. The zero-order valence-electron chi connectivity index (χ0n) is 14.1. The maximum absolute atomic E-state index is 12.3. The first kappa shape index (κ1) is 18.8. The highest BCUT2D eigenvalue weighted by atomic mass is 16.5. The van der Waals surface area contributed by atoms with Gasteiger partial charge >= 0.3 is 5.97 Å². The van der Waals surface area contributed by atoms with Crippen LogP contribution in [-0.4, -0.2) is 36.7 Å². The van der Waals surface area contributed by atoms with E-state index in [1.165, 1.54) is 7.11 Å². The van der Waals surface area contributed by atoms with Crippen molar-refractivity contribution in [2.45, 2.75) is 39.7 Å². The number of carboxylic acid groups (broad SMARTS) is 1. The number of nitrogens with one attached hydrogen (secondary N) is 1. The minimum atomic E-state index is -1.06. The van der Waals surface area contributed by atoms with Crippen LogP contribution in [0.4, 0.5) is 0 Å². The maximum atomic E-state index is 12.3. The molecular formula is C17H25NO5. The molecule has 1 atom stereocenters. The fourth-order valence-electron chi connectivity index (χ4n) is 1.92. The van der Waals surface area contributed by atoms with E-state index in [4.69, 9.17) is 14.6 Å². The van der Waals surface area contributed by atoms with Gasteiger partial charge in [-0.2, -0.15) is 0 Å². The van der Waals surface area contributed by atoms with Crippen LogP contribution in [-0.2, 0) is 4.79 Å². The number of benzene rings is 1. The minimum Gasteiger partial charge on any atom is -0.497 e. The summed E-state index contributed by atoms with van der Waals surface area (Å²) in [6.07, 6.45) is 1.16. The average molecular weight is 323 g/mol. The molecule has 1 amide bonds. The fourth-order valence-corrected chi connectivity index (χ4v) is 1.92. The van der Waals surface area contributed by atoms with Gasteiger partial charge in [-0.05, 0) is 30.9 Å². The van der Waals surface area contributed by atoms with E-state index in [2.05, 4.69) is 19.2 Å². The van der Waals surface area contributed by atoms with Gasteiger partial charge in [0, 0.05) is 6.07 Å². The third-order valence-corrected chi connectivity index (χ3v) is 3.40. The van der Waals surface area contributed by atoms with Gasteiger partial charge < -0.3 is 19.9 Å². The molecular weight excluding hydrogens is 298 g/mol. The number of hydrogen-bond donors (Lipinski definition) is 2. The second-order valence-electron chi connectivity index (χ2n) is 5.67. The lowest BCUT2D eigenvalue weighted by molar-refractivity contribution is -0.139. The molecule has 0 aliphatic heterocycles. The van der Waals surface area contributed by atoms with Crippen molar-refractivity contribution < 1.29 is 24.2 Å². The molecule has 1 aromatic carbocycles. The summed E-state index contributed by atoms with van der Waals surface area (Å²) in [5, 5.41) is 11.6. The predicted octanol–water partition coefficient (Wildman–Crippen LogP) is 2.71. The van der Waals surface area contributed by atoms with Gasteiger partial charge in [0.2, 0.25) is 0 Å². The zero-order chi connectivity index (χ0) is 17.4. The predicted molar refractivity (Wildman–Crippen MR) is 87.1 cm³/mol. The van der Waals surface area contributed by atoms with Gasteiger partial charge in [-0.1, -0.05) is 20.8 Å². The third-order valence-electron chi connectivity index (χ3n) is 3.40. The lowest BCUT2D eigenvalue weighted by atomic mass is 10.1. The van der Waals surface area contributed by atoms with Crippen LogP contribution in [0, 0.1) is 5.92 Å². The fraction of sp³-hybridized carbons (Fsp3) is 0.529. The molecule has 0 aliphatic carbocycles. The molecule has 6 nitrogen and oxygen atoms in total. The van der Waals surface area contributed by atoms with E-state index in [9.17, 15) is 9.59 Å². The number of aliphatic carboxylic acids is 1. The monoisotopic (exact) mass is 323 g/mol. The van der Waals surface area contributed by atoms with Crippen LogP contribution in [0.3, 0.4) is 0 Å². The molecule has 23 heavy (non-hydrogen) atoms. The molecule has 0 bridgehead atoms. The third kappa shape index (κ3) is 5.81. The van der Waals surface area contributed by atoms with Crippen LogP contribution < -0.4 is 14.8 Å². The van der Waals surface area contributed by atoms with Crippen LogP contribution in [0.5, 0.6) is 11.5 Å². The Hall–Kier alpha value is -2.24. The Morgan fingerprint density at radius 3 is 2.52 bits per heavy atom. The van der Waals surface area contributed by atoms with Crippen molar-refractivity contribution >= 4 is 11.9 Å². The summed E-state index contributed by atoms with van der Waals surface area (Å²) in [6.45, 7) is 6.34. The molecule has 0 spiro atoms. The topological polar surface area (TPSA) is 84.9 Å². The zero-order valence-corrected chi connectivity index (χ0v) is 14.1. The lowest BCUT2D eigenvalue weighted by Gasteiger charge is -2.16. The van der Waals surface area contributed by atoms with Crippen LogP contribution in [0.2, 0.25) is 0 Å². The molecule has 1 rings (SSSR count). The molecule has 0 radical (unpaired) electrons. The van der Waals surface area contributed by atoms with Gasteiger partial charge in [0.15, 0.2) is 0 Å². The average Bonchev–Trinajstić information content (AvgIpc) is 2.51. The van der Waals surface area contributed by atoms with E-state index >= 15 is 0 Å². The summed E-state index contributed by atoms with van der Waals surface area (Å²) >= 11 is 0. The summed E-state index contributed by atoms with van der Waals surface area (Å²) in [5.74, 6) is -0.0819. The number of hydrogen-bond acceptors (Lipinski definition) is 4. The molecule has 0 saturated carbocycles. The maximum Gasteiger partial charge on any atom is 0.326 e. The number of rotatable bonds is 9. The molecule has 0 saturated heterocycles. The molecule has 0 fully saturated rings. The smallest absolute Gasteiger partial charge is 0.326 e. The quantitative estimate of drug-likeness (QED) is 0.730. The van der Waals surface area contributed by atoms with Crippen LogP contribution in [0.1, 0.15) is 44.0 Å². The summed E-state index contributed by atoms with van der Waals surface area (Å²) in [7, 11) is 1.53. The summed E-state index contributed by atoms with van der Waals surface area (Å²) < 4.78 is 10.9. The number of carboxylic acids is 1. The van der Waals surface area contributed by atoms with Gasteiger partial charge in [-0.25, -0.2) is 4.79 Å². The molecule has 6 heteroatoms. The lowest BCUT2D eigenvalue weighted by Crippen LogP contribution is -2.40. The molecule has 1 aromatic rings. The van der Waals surface area contributed by atoms with E-state index in [1.807, 2.05) is 0 Å². The summed E-state index contributed by atoms with van der Waals surface area (Å²) in [4.78, 5) is 23.4. The molecule has 0 aromatic heterocycles. The molecule has 0 heterocycles. The Balaban J connectivity index is 2.94. The Morgan fingerprint density at radius 2 is 2.00 bits per heavy atom. The van der Waals surface area contributed by atoms with Crippen molar-refractivity contribution in [1.82, 2.24) is 5.32 Å². The largest absolute Gasteiger partial charge is 0.497 e. The number of carbonyl (C=O) groups is 2. The molecule has 1 unspecified atom stereocenters. The van der Waals surface area contributed by atoms with Crippen molar-refractivity contribution in [1.29, 1.82) is 0 Å². The Labute approximate surface area is 136 Å². The van der Waals surface area contributed by atoms with Gasteiger partial charge in [0.25, 0.3) is 5.91 Å². The second kappa shape index (κ2) is 9.02. The van der Waals surface area contributed by atoms with Gasteiger partial charge in [-0.15, -0.1) is 0 Å². The van der Waals surface area contributed by atoms with Crippen molar-refractivity contribution in [3.05, 3.63) is 23.8 Å². The SMILES string of the molecule is CCC(NC(=O)c1ccc(OC)cc1OCCC(C)C)C(=O)O. The van der Waals surface area contributed by atoms with E-state index in [0.717, 1.165) is 6.42 Å². The van der Waals surface area contributed by atoms with E-state index < -0.39 is 17.9 Å². The first-order valence-corrected chi connectivity index (χ1v) is 7.73. The summed E-state index contributed by atoms with van der Waals surface area (Å²) in [6, 6.07) is 3.93. The molecule has 128 valence electrons. The number of carbonyl (C=O) groups excluding carboxylic acids is 1. The highest BCUT2D eigenvalue weighted by molar-refractivity contribution is 5.99. The normalized spacial score (nSPS) is 11.9. The number of amides is 1. The summed E-state index contributed by atoms with van der Waals surface area (Å²) in [5.41, 5.74) is 0.300. The van der Waals surface area contributed by atoms with Crippen LogP contribution in [0.15, 0.2) is 18.2 Å². The van der Waals surface area contributed by atoms with E-state index in [-0.39, 0.29) is 0 Å². The van der Waals surface area contributed by atoms with Crippen molar-refractivity contribution in [2.75, 3.05) is 13.7 Å². The van der Waals surface area contributed by atoms with E-state index in [0.29, 0.717) is 36.0 Å². The van der Waals surface area contributed by atoms with Crippen molar-refractivity contribution in [3.8, 4) is 11.5 Å². The van der Waals surface area contributed by atoms with Crippen molar-refractivity contribution in [2.24, 2.45) is 5.92 Å². The van der Waals surface area contributed by atoms with E-state index in [1.54, 1.807) is 25.1 Å². The molecule has 2 N–H and O–H groups in total. The highest BCUT2D eigenvalue weighted by Gasteiger charge is 2.21. The van der Waals surface area contributed by atoms with Crippen LogP contribution >= 0.6 is 0 Å². The first-order chi connectivity index (χ1) is 10.9. The van der Waals surface area contributed by atoms with Gasteiger partial charge in [0.05, 0.1) is 19.3 Å². The minimum absolute atomic E-state index is 0.300.